The summed E-state index contributed by atoms with van der Waals surface area (Å²) in [4.78, 5) is 8.90. The van der Waals surface area contributed by atoms with Crippen LogP contribution in [-0.2, 0) is 9.36 Å². The average molecular weight is 247 g/mol. The van der Waals surface area contributed by atoms with Crippen LogP contribution in [-0.4, -0.2) is 49.3 Å². The molecule has 8 heteroatoms. The second-order valence-corrected chi connectivity index (χ2v) is 7.15. The molecule has 15 heavy (non-hydrogen) atoms. The van der Waals surface area contributed by atoms with Crippen molar-refractivity contribution >= 4 is 13.1 Å². The summed E-state index contributed by atoms with van der Waals surface area (Å²) in [5.74, 6) is -2.76. The Morgan fingerprint density at radius 3 is 1.73 bits per heavy atom. The number of carboxylic acid groups (broad SMARTS) is 1. The van der Waals surface area contributed by atoms with Gasteiger partial charge in [-0.3, -0.25) is 0 Å². The van der Waals surface area contributed by atoms with Crippen molar-refractivity contribution in [3.05, 3.63) is 0 Å². The minimum Gasteiger partial charge on any atom is -0.475 e. The Morgan fingerprint density at radius 2 is 1.73 bits per heavy atom. The number of carbonyl (C=O) groups is 1. The molecular weight excluding hydrogens is 234 g/mol. The van der Waals surface area contributed by atoms with Crippen molar-refractivity contribution in [2.45, 2.75) is 11.8 Å². The highest BCUT2D eigenvalue weighted by Gasteiger charge is 2.38. The van der Waals surface area contributed by atoms with E-state index in [1.54, 1.807) is 0 Å². The van der Waals surface area contributed by atoms with Crippen LogP contribution in [0.1, 0.15) is 0 Å². The van der Waals surface area contributed by atoms with Gasteiger partial charge in [0, 0.05) is 18.7 Å². The van der Waals surface area contributed by atoms with Crippen LogP contribution in [0, 0.1) is 0 Å². The van der Waals surface area contributed by atoms with Crippen molar-refractivity contribution in [2.24, 2.45) is 0 Å². The molecule has 0 bridgehead atoms. The zero-order valence-corrected chi connectivity index (χ0v) is 9.23. The van der Waals surface area contributed by atoms with Crippen molar-refractivity contribution in [3.63, 3.8) is 0 Å². The van der Waals surface area contributed by atoms with E-state index in [1.807, 2.05) is 13.3 Å². The second-order valence-electron chi connectivity index (χ2n) is 3.55. The van der Waals surface area contributed by atoms with Gasteiger partial charge < -0.3 is 15.0 Å². The van der Waals surface area contributed by atoms with Crippen LogP contribution in [0.4, 0.5) is 13.2 Å². The Balaban J connectivity index is 0.000000265. The van der Waals surface area contributed by atoms with Crippen molar-refractivity contribution in [1.29, 1.82) is 0 Å². The van der Waals surface area contributed by atoms with Crippen LogP contribution in [0.2, 0.25) is 0 Å². The number of nitrogens with one attached hydrogen (secondary N) is 1. The molecule has 4 nitrogen and oxygen atoms in total. The van der Waals surface area contributed by atoms with Gasteiger partial charge in [-0.2, -0.15) is 13.2 Å². The number of hydrogen-bond acceptors (Lipinski definition) is 3. The molecule has 1 heterocycles. The summed E-state index contributed by atoms with van der Waals surface area (Å²) >= 11 is 0. The first-order valence-corrected chi connectivity index (χ1v) is 6.77. The monoisotopic (exact) mass is 247 g/mol. The summed E-state index contributed by atoms with van der Waals surface area (Å²) < 4.78 is 42.9. The second kappa shape index (κ2) is 4.99. The molecule has 0 aromatic carbocycles. The van der Waals surface area contributed by atoms with Gasteiger partial charge in [0.05, 0.1) is 7.14 Å². The van der Waals surface area contributed by atoms with Crippen molar-refractivity contribution in [3.8, 4) is 0 Å². The Kier molecular flexibility index (Phi) is 4.80. The fourth-order valence-electron chi connectivity index (χ4n) is 0.713. The first kappa shape index (κ1) is 14.5. The molecule has 0 spiro atoms. The summed E-state index contributed by atoms with van der Waals surface area (Å²) in [5, 5.41) is 10.2. The van der Waals surface area contributed by atoms with Crippen molar-refractivity contribution in [2.75, 3.05) is 26.4 Å². The minimum absolute atomic E-state index is 0.475. The van der Waals surface area contributed by atoms with Crippen LogP contribution in [0.3, 0.4) is 0 Å². The largest absolute Gasteiger partial charge is 0.490 e. The first-order chi connectivity index (χ1) is 6.55. The molecule has 0 atom stereocenters. The quantitative estimate of drug-likeness (QED) is 0.683. The normalized spacial score (nSPS) is 17.4. The first-order valence-electron chi connectivity index (χ1n) is 4.10. The fourth-order valence-corrected chi connectivity index (χ4v) is 1.85. The fraction of sp³-hybridized carbons (Fsp3) is 0.857. The SMILES string of the molecule is CP(C)(=O)C1CNC1.O=C(O)C(F)(F)F. The molecule has 1 aliphatic heterocycles. The molecule has 0 radical (unpaired) electrons. The van der Waals surface area contributed by atoms with Gasteiger partial charge in [-0.05, 0) is 13.3 Å². The Labute approximate surface area is 85.2 Å². The molecule has 0 aromatic rings. The maximum Gasteiger partial charge on any atom is 0.490 e. The Bertz CT molecular complexity index is 269. The highest BCUT2D eigenvalue weighted by molar-refractivity contribution is 7.63. The molecule has 0 aromatic heterocycles. The minimum atomic E-state index is -5.08. The number of alkyl halides is 3. The molecule has 0 amide bonds. The molecule has 90 valence electrons. The predicted octanol–water partition coefficient (Wildman–Crippen LogP) is 1.21. The lowest BCUT2D eigenvalue weighted by molar-refractivity contribution is -0.192. The molecule has 0 aliphatic carbocycles. The molecule has 1 rings (SSSR count). The van der Waals surface area contributed by atoms with Gasteiger partial charge in [-0.25, -0.2) is 4.79 Å². The summed E-state index contributed by atoms with van der Waals surface area (Å²) in [5.41, 5.74) is 0.475. The Hall–Kier alpha value is -0.550. The highest BCUT2D eigenvalue weighted by Crippen LogP contribution is 2.43. The third-order valence-corrected chi connectivity index (χ3v) is 4.01. The van der Waals surface area contributed by atoms with E-state index in [2.05, 4.69) is 5.32 Å². The third-order valence-electron chi connectivity index (χ3n) is 1.88. The summed E-state index contributed by atoms with van der Waals surface area (Å²) in [6.07, 6.45) is -5.08. The standard InChI is InChI=1S/C5H12NOP.C2HF3O2/c1-8(2,7)5-3-6-4-5;3-2(4,5)1(6)7/h5-6H,3-4H2,1-2H3;(H,6,7). The highest BCUT2D eigenvalue weighted by atomic mass is 31.2. The van der Waals surface area contributed by atoms with Gasteiger partial charge in [0.1, 0.15) is 0 Å². The van der Waals surface area contributed by atoms with Gasteiger partial charge in [0.2, 0.25) is 0 Å². The lowest BCUT2D eigenvalue weighted by Crippen LogP contribution is -2.46. The van der Waals surface area contributed by atoms with E-state index in [1.165, 1.54) is 0 Å². The van der Waals surface area contributed by atoms with Crippen LogP contribution < -0.4 is 5.32 Å². The number of carboxylic acids is 1. The number of hydrogen-bond donors (Lipinski definition) is 2. The van der Waals surface area contributed by atoms with Gasteiger partial charge in [0.15, 0.2) is 0 Å². The van der Waals surface area contributed by atoms with E-state index in [4.69, 9.17) is 9.90 Å². The maximum absolute atomic E-state index is 11.2. The van der Waals surface area contributed by atoms with Gasteiger partial charge in [-0.15, -0.1) is 0 Å². The molecule has 1 aliphatic rings. The summed E-state index contributed by atoms with van der Waals surface area (Å²) in [7, 11) is -1.73. The van der Waals surface area contributed by atoms with Crippen molar-refractivity contribution in [1.82, 2.24) is 5.32 Å². The van der Waals surface area contributed by atoms with Crippen LogP contribution in [0.5, 0.6) is 0 Å². The van der Waals surface area contributed by atoms with E-state index in [0.717, 1.165) is 13.1 Å². The lowest BCUT2D eigenvalue weighted by Gasteiger charge is -2.30. The summed E-state index contributed by atoms with van der Waals surface area (Å²) in [6.45, 7) is 5.64. The van der Waals surface area contributed by atoms with Gasteiger partial charge >= 0.3 is 12.1 Å². The lowest BCUT2D eigenvalue weighted by atomic mass is 10.3. The smallest absolute Gasteiger partial charge is 0.475 e. The molecule has 1 saturated heterocycles. The molecule has 2 N–H and O–H groups in total. The third kappa shape index (κ3) is 5.79. The van der Waals surface area contributed by atoms with Crippen LogP contribution in [0.15, 0.2) is 0 Å². The number of halogens is 3. The maximum atomic E-state index is 11.2. The van der Waals surface area contributed by atoms with Crippen LogP contribution >= 0.6 is 7.14 Å². The topological polar surface area (TPSA) is 66.4 Å². The Morgan fingerprint density at radius 1 is 1.40 bits per heavy atom. The summed E-state index contributed by atoms with van der Waals surface area (Å²) in [6, 6.07) is 0. The zero-order chi connectivity index (χ0) is 12.3. The van der Waals surface area contributed by atoms with Gasteiger partial charge in [0.25, 0.3) is 0 Å². The average Bonchev–Trinajstić information content (AvgIpc) is 1.76. The predicted molar refractivity (Wildman–Crippen MR) is 49.8 cm³/mol. The van der Waals surface area contributed by atoms with E-state index in [0.29, 0.717) is 5.66 Å². The van der Waals surface area contributed by atoms with E-state index < -0.39 is 19.3 Å². The number of aliphatic carboxylic acids is 1. The van der Waals surface area contributed by atoms with Gasteiger partial charge in [-0.1, -0.05) is 0 Å². The van der Waals surface area contributed by atoms with E-state index in [9.17, 15) is 17.7 Å². The van der Waals surface area contributed by atoms with Crippen LogP contribution in [0.25, 0.3) is 0 Å². The van der Waals surface area contributed by atoms with E-state index >= 15 is 0 Å². The molecule has 0 unspecified atom stereocenters. The molecular formula is C7H13F3NO3P. The number of rotatable bonds is 1. The molecule has 0 saturated carbocycles. The van der Waals surface area contributed by atoms with Crippen molar-refractivity contribution < 1.29 is 27.6 Å². The van der Waals surface area contributed by atoms with E-state index in [-0.39, 0.29) is 0 Å². The molecule has 1 fully saturated rings. The zero-order valence-electron chi connectivity index (χ0n) is 8.34.